The van der Waals surface area contributed by atoms with E-state index in [1.54, 1.807) is 9.80 Å². The molecule has 3 aliphatic heterocycles. The van der Waals surface area contributed by atoms with Crippen LogP contribution in [0.5, 0.6) is 0 Å². The molecule has 11 heteroatoms. The predicted molar refractivity (Wildman–Crippen MR) is 96.9 cm³/mol. The topological polar surface area (TPSA) is 71.1 Å². The van der Waals surface area contributed by atoms with Crippen molar-refractivity contribution in [3.05, 3.63) is 35.1 Å². The first-order valence-electron chi connectivity index (χ1n) is 9.63. The lowest BCUT2D eigenvalue weighted by Crippen LogP contribution is -2.65. The second kappa shape index (κ2) is 8.03. The Morgan fingerprint density at radius 3 is 2.77 bits per heavy atom. The molecule has 0 aliphatic carbocycles. The number of nitrogens with one attached hydrogen (secondary N) is 1. The van der Waals surface area contributed by atoms with Crippen molar-refractivity contribution >= 4 is 11.9 Å². The van der Waals surface area contributed by atoms with Crippen molar-refractivity contribution in [3.8, 4) is 0 Å². The standard InChI is InChI=1S/C19H21F4N3O4.H2/c20-12-2-1-11(14(5-12)19(21,22)23)9-29-13-6-26(7-13)18(28)25-4-3-16-15(8-25)24-17(27)10-30-16;/h1-2,5,13,15-16H,3-4,6-10H2,(H,24,27);1H/t15-,16+;/m1./s1. The van der Waals surface area contributed by atoms with Gasteiger partial charge in [-0.15, -0.1) is 0 Å². The summed E-state index contributed by atoms with van der Waals surface area (Å²) in [5.41, 5.74) is -1.21. The van der Waals surface area contributed by atoms with Crippen LogP contribution < -0.4 is 5.32 Å². The molecule has 0 radical (unpaired) electrons. The van der Waals surface area contributed by atoms with E-state index in [9.17, 15) is 27.2 Å². The van der Waals surface area contributed by atoms with E-state index in [0.717, 1.165) is 12.1 Å². The second-order valence-electron chi connectivity index (χ2n) is 7.68. The number of benzene rings is 1. The number of nitrogens with zero attached hydrogens (tertiary/aromatic N) is 2. The number of likely N-dealkylation sites (tertiary alicyclic amines) is 2. The molecule has 3 amide bonds. The average Bonchev–Trinajstić information content (AvgIpc) is 2.66. The van der Waals surface area contributed by atoms with Crippen molar-refractivity contribution in [2.45, 2.75) is 37.5 Å². The Balaban J connectivity index is 0.00000272. The van der Waals surface area contributed by atoms with Gasteiger partial charge in [-0.25, -0.2) is 9.18 Å². The maximum Gasteiger partial charge on any atom is 0.416 e. The molecule has 0 saturated carbocycles. The first kappa shape index (κ1) is 20.9. The molecule has 0 spiro atoms. The zero-order chi connectivity index (χ0) is 21.5. The highest BCUT2D eigenvalue weighted by molar-refractivity contribution is 5.79. The van der Waals surface area contributed by atoms with Crippen molar-refractivity contribution in [3.63, 3.8) is 0 Å². The van der Waals surface area contributed by atoms with Gasteiger partial charge in [0.1, 0.15) is 12.4 Å². The van der Waals surface area contributed by atoms with Gasteiger partial charge in [0.15, 0.2) is 0 Å². The van der Waals surface area contributed by atoms with Gasteiger partial charge in [0.05, 0.1) is 43.5 Å². The summed E-state index contributed by atoms with van der Waals surface area (Å²) in [7, 11) is 0. The van der Waals surface area contributed by atoms with Crippen LogP contribution in [-0.4, -0.2) is 72.8 Å². The van der Waals surface area contributed by atoms with Crippen molar-refractivity contribution in [2.75, 3.05) is 32.8 Å². The number of morpholine rings is 1. The van der Waals surface area contributed by atoms with Crippen molar-refractivity contribution in [2.24, 2.45) is 0 Å². The molecule has 3 aliphatic rings. The summed E-state index contributed by atoms with van der Waals surface area (Å²) in [5, 5.41) is 2.83. The number of ether oxygens (including phenoxy) is 2. The molecular weight excluding hydrogens is 410 g/mol. The Hall–Kier alpha value is -2.40. The summed E-state index contributed by atoms with van der Waals surface area (Å²) in [6, 6.07) is 2.03. The van der Waals surface area contributed by atoms with E-state index >= 15 is 0 Å². The van der Waals surface area contributed by atoms with Crippen LogP contribution in [0.2, 0.25) is 0 Å². The summed E-state index contributed by atoms with van der Waals surface area (Å²) >= 11 is 0. The fraction of sp³-hybridized carbons (Fsp3) is 0.579. The zero-order valence-corrected chi connectivity index (χ0v) is 16.0. The van der Waals surface area contributed by atoms with Crippen LogP contribution in [0, 0.1) is 5.82 Å². The fourth-order valence-corrected chi connectivity index (χ4v) is 3.92. The minimum absolute atomic E-state index is 0. The Morgan fingerprint density at radius 2 is 2.03 bits per heavy atom. The van der Waals surface area contributed by atoms with Crippen LogP contribution in [0.15, 0.2) is 18.2 Å². The van der Waals surface area contributed by atoms with E-state index in [4.69, 9.17) is 9.47 Å². The van der Waals surface area contributed by atoms with Gasteiger partial charge < -0.3 is 24.6 Å². The maximum absolute atomic E-state index is 13.2. The molecule has 1 N–H and O–H groups in total. The number of hydrogen-bond acceptors (Lipinski definition) is 4. The van der Waals surface area contributed by atoms with Gasteiger partial charge in [-0.3, -0.25) is 4.79 Å². The molecule has 3 heterocycles. The van der Waals surface area contributed by atoms with E-state index < -0.39 is 23.7 Å². The van der Waals surface area contributed by atoms with Crippen LogP contribution in [0.1, 0.15) is 19.0 Å². The minimum Gasteiger partial charge on any atom is -0.370 e. The Labute approximate surface area is 171 Å². The number of piperidine rings is 1. The summed E-state index contributed by atoms with van der Waals surface area (Å²) in [6.07, 6.45) is -4.55. The van der Waals surface area contributed by atoms with E-state index in [-0.39, 0.29) is 57.4 Å². The lowest BCUT2D eigenvalue weighted by atomic mass is 10.0. The highest BCUT2D eigenvalue weighted by atomic mass is 19.4. The summed E-state index contributed by atoms with van der Waals surface area (Å²) < 4.78 is 63.3. The van der Waals surface area contributed by atoms with Gasteiger partial charge in [-0.05, 0) is 24.1 Å². The molecular formula is C19H23F4N3O4. The summed E-state index contributed by atoms with van der Waals surface area (Å²) in [6.45, 7) is 1.08. The molecule has 7 nitrogen and oxygen atoms in total. The fourth-order valence-electron chi connectivity index (χ4n) is 3.92. The minimum atomic E-state index is -4.67. The molecule has 0 unspecified atom stereocenters. The normalized spacial score (nSPS) is 24.9. The lowest BCUT2D eigenvalue weighted by molar-refractivity contribution is -0.141. The first-order chi connectivity index (χ1) is 14.2. The Bertz CT molecular complexity index is 835. The highest BCUT2D eigenvalue weighted by Crippen LogP contribution is 2.33. The van der Waals surface area contributed by atoms with Crippen molar-refractivity contribution < 1.29 is 38.1 Å². The molecule has 166 valence electrons. The number of carbonyl (C=O) groups is 2. The van der Waals surface area contributed by atoms with Crippen molar-refractivity contribution in [1.82, 2.24) is 15.1 Å². The number of hydrogen-bond donors (Lipinski definition) is 1. The summed E-state index contributed by atoms with van der Waals surface area (Å²) in [4.78, 5) is 27.3. The van der Waals surface area contributed by atoms with E-state index in [2.05, 4.69) is 5.32 Å². The highest BCUT2D eigenvalue weighted by Gasteiger charge is 2.40. The van der Waals surface area contributed by atoms with Gasteiger partial charge in [0.2, 0.25) is 5.91 Å². The number of amides is 3. The zero-order valence-electron chi connectivity index (χ0n) is 16.0. The molecule has 2 atom stereocenters. The molecule has 1 aromatic rings. The van der Waals surface area contributed by atoms with Crippen LogP contribution in [0.3, 0.4) is 0 Å². The number of fused-ring (bicyclic) bond motifs is 1. The van der Waals surface area contributed by atoms with Gasteiger partial charge in [0.25, 0.3) is 0 Å². The van der Waals surface area contributed by atoms with Crippen LogP contribution in [-0.2, 0) is 27.1 Å². The average molecular weight is 433 g/mol. The Morgan fingerprint density at radius 1 is 1.27 bits per heavy atom. The predicted octanol–water partition coefficient (Wildman–Crippen LogP) is 2.00. The number of halogens is 4. The summed E-state index contributed by atoms with van der Waals surface area (Å²) in [5.74, 6) is -1.17. The van der Waals surface area contributed by atoms with Crippen LogP contribution >= 0.6 is 0 Å². The quantitative estimate of drug-likeness (QED) is 0.741. The second-order valence-corrected chi connectivity index (χ2v) is 7.68. The smallest absolute Gasteiger partial charge is 0.370 e. The van der Waals surface area contributed by atoms with Gasteiger partial charge >= 0.3 is 12.2 Å². The number of urea groups is 1. The molecule has 30 heavy (non-hydrogen) atoms. The third-order valence-corrected chi connectivity index (χ3v) is 5.57. The van der Waals surface area contributed by atoms with Gasteiger partial charge in [-0.1, -0.05) is 6.07 Å². The van der Waals surface area contributed by atoms with Crippen LogP contribution in [0.25, 0.3) is 0 Å². The molecule has 0 bridgehead atoms. The molecule has 1 aromatic carbocycles. The lowest BCUT2D eigenvalue weighted by Gasteiger charge is -2.46. The Kier molecular flexibility index (Phi) is 5.58. The first-order valence-corrected chi connectivity index (χ1v) is 9.63. The van der Waals surface area contributed by atoms with Crippen LogP contribution in [0.4, 0.5) is 22.4 Å². The molecule has 3 saturated heterocycles. The number of rotatable bonds is 3. The molecule has 4 rings (SSSR count). The van der Waals surface area contributed by atoms with Crippen molar-refractivity contribution in [1.29, 1.82) is 0 Å². The molecule has 0 aromatic heterocycles. The van der Waals surface area contributed by atoms with E-state index in [0.29, 0.717) is 25.6 Å². The van der Waals surface area contributed by atoms with Gasteiger partial charge in [0, 0.05) is 14.5 Å². The monoisotopic (exact) mass is 433 g/mol. The number of alkyl halides is 3. The maximum atomic E-state index is 13.2. The third kappa shape index (κ3) is 4.36. The van der Waals surface area contributed by atoms with Gasteiger partial charge in [-0.2, -0.15) is 13.2 Å². The molecule has 3 fully saturated rings. The van der Waals surface area contributed by atoms with E-state index in [1.165, 1.54) is 0 Å². The SMILES string of the molecule is O=C1CO[C@H]2CCN(C(=O)N3CC(OCc4ccc(F)cc4C(F)(F)F)C3)C[C@H]2N1.[HH]. The van der Waals surface area contributed by atoms with E-state index in [1.807, 2.05) is 0 Å². The number of carbonyl (C=O) groups excluding carboxylic acids is 2. The third-order valence-electron chi connectivity index (χ3n) is 5.57. The largest absolute Gasteiger partial charge is 0.416 e.